The van der Waals surface area contributed by atoms with E-state index in [-0.39, 0.29) is 18.3 Å². The van der Waals surface area contributed by atoms with Crippen molar-refractivity contribution in [2.75, 3.05) is 0 Å². The summed E-state index contributed by atoms with van der Waals surface area (Å²) in [5.74, 6) is 0. The molecule has 4 heteroatoms. The van der Waals surface area contributed by atoms with Gasteiger partial charge in [0.2, 0.25) is 0 Å². The Bertz CT molecular complexity index is 499. The van der Waals surface area contributed by atoms with E-state index in [1.54, 1.807) is 13.8 Å². The van der Waals surface area contributed by atoms with E-state index < -0.39 is 5.60 Å². The summed E-state index contributed by atoms with van der Waals surface area (Å²) in [5.41, 5.74) is 1.49. The van der Waals surface area contributed by atoms with Gasteiger partial charge in [0.15, 0.2) is 0 Å². The van der Waals surface area contributed by atoms with E-state index in [2.05, 4.69) is 0 Å². The number of hydrogen-bond acceptors (Lipinski definition) is 3. The maximum atomic E-state index is 10.1. The zero-order valence-corrected chi connectivity index (χ0v) is 13.6. The van der Waals surface area contributed by atoms with Crippen molar-refractivity contribution in [2.45, 2.75) is 65.3 Å². The van der Waals surface area contributed by atoms with Gasteiger partial charge in [-0.1, -0.05) is 23.8 Å². The number of aryl methyl sites for hydroxylation is 1. The third-order valence-electron chi connectivity index (χ3n) is 4.48. The van der Waals surface area contributed by atoms with Gasteiger partial charge >= 0.3 is 7.12 Å². The first-order valence-corrected chi connectivity index (χ1v) is 7.13. The largest absolute Gasteiger partial charge is 0.495 e. The molecule has 0 atom stereocenters. The molecule has 0 unspecified atom stereocenters. The zero-order chi connectivity index (χ0) is 15.3. The molecule has 1 aliphatic heterocycles. The Balaban J connectivity index is 2.33. The Morgan fingerprint density at radius 2 is 1.55 bits per heavy atom. The summed E-state index contributed by atoms with van der Waals surface area (Å²) in [7, 11) is -0.351. The highest BCUT2D eigenvalue weighted by molar-refractivity contribution is 6.62. The van der Waals surface area contributed by atoms with Gasteiger partial charge in [-0.05, 0) is 59.5 Å². The van der Waals surface area contributed by atoms with Crippen molar-refractivity contribution in [3.63, 3.8) is 0 Å². The van der Waals surface area contributed by atoms with Crippen LogP contribution in [-0.4, -0.2) is 23.4 Å². The number of hydrogen-bond donors (Lipinski definition) is 1. The van der Waals surface area contributed by atoms with E-state index >= 15 is 0 Å². The highest BCUT2D eigenvalue weighted by Crippen LogP contribution is 2.36. The highest BCUT2D eigenvalue weighted by atomic mass is 16.7. The molecule has 1 aromatic carbocycles. The van der Waals surface area contributed by atoms with Crippen molar-refractivity contribution in [3.05, 3.63) is 29.3 Å². The molecule has 20 heavy (non-hydrogen) atoms. The molecule has 0 bridgehead atoms. The van der Waals surface area contributed by atoms with Crippen LogP contribution in [0.25, 0.3) is 0 Å². The van der Waals surface area contributed by atoms with Crippen molar-refractivity contribution in [3.8, 4) is 0 Å². The maximum Gasteiger partial charge on any atom is 0.495 e. The van der Waals surface area contributed by atoms with Crippen molar-refractivity contribution < 1.29 is 14.4 Å². The number of rotatable bonds is 2. The summed E-state index contributed by atoms with van der Waals surface area (Å²) in [6.45, 7) is 13.8. The molecular weight excluding hydrogens is 251 g/mol. The molecule has 0 aromatic heterocycles. The Morgan fingerprint density at radius 1 is 1.05 bits per heavy atom. The summed E-state index contributed by atoms with van der Waals surface area (Å²) >= 11 is 0. The van der Waals surface area contributed by atoms with Crippen LogP contribution >= 0.6 is 0 Å². The van der Waals surface area contributed by atoms with Gasteiger partial charge in [-0.15, -0.1) is 0 Å². The summed E-state index contributed by atoms with van der Waals surface area (Å²) in [5, 5.41) is 10.1. The van der Waals surface area contributed by atoms with E-state index in [0.29, 0.717) is 0 Å². The topological polar surface area (TPSA) is 38.7 Å². The minimum absolute atomic E-state index is 0.334. The molecule has 1 N–H and O–H groups in total. The zero-order valence-electron chi connectivity index (χ0n) is 13.6. The monoisotopic (exact) mass is 276 g/mol. The van der Waals surface area contributed by atoms with E-state index in [1.807, 2.05) is 52.8 Å². The average molecular weight is 276 g/mol. The predicted molar refractivity (Wildman–Crippen MR) is 82.1 cm³/mol. The van der Waals surface area contributed by atoms with Crippen molar-refractivity contribution >= 4 is 12.6 Å². The lowest BCUT2D eigenvalue weighted by Gasteiger charge is -2.32. The highest BCUT2D eigenvalue weighted by Gasteiger charge is 2.52. The normalized spacial score (nSPS) is 21.3. The minimum Gasteiger partial charge on any atom is -0.399 e. The molecule has 0 spiro atoms. The number of benzene rings is 1. The minimum atomic E-state index is -0.834. The van der Waals surface area contributed by atoms with E-state index in [1.165, 1.54) is 0 Å². The van der Waals surface area contributed by atoms with Crippen LogP contribution in [0.15, 0.2) is 18.2 Å². The quantitative estimate of drug-likeness (QED) is 0.844. The van der Waals surface area contributed by atoms with E-state index in [4.69, 9.17) is 9.31 Å². The van der Waals surface area contributed by atoms with Gasteiger partial charge in [0, 0.05) is 0 Å². The molecular formula is C16H25BO3. The Labute approximate surface area is 122 Å². The van der Waals surface area contributed by atoms with Crippen LogP contribution in [0.3, 0.4) is 0 Å². The lowest BCUT2D eigenvalue weighted by molar-refractivity contribution is 0.00578. The van der Waals surface area contributed by atoms with E-state index in [9.17, 15) is 5.11 Å². The van der Waals surface area contributed by atoms with Crippen molar-refractivity contribution in [1.29, 1.82) is 0 Å². The van der Waals surface area contributed by atoms with Crippen LogP contribution in [-0.2, 0) is 14.9 Å². The first-order valence-electron chi connectivity index (χ1n) is 7.13. The first kappa shape index (κ1) is 15.6. The maximum absolute atomic E-state index is 10.1. The molecule has 1 aliphatic rings. The Hall–Kier alpha value is -0.835. The van der Waals surface area contributed by atoms with Gasteiger partial charge in [-0.2, -0.15) is 0 Å². The molecule has 2 rings (SSSR count). The van der Waals surface area contributed by atoms with Gasteiger partial charge < -0.3 is 14.4 Å². The van der Waals surface area contributed by atoms with Crippen LogP contribution < -0.4 is 5.46 Å². The van der Waals surface area contributed by atoms with Crippen molar-refractivity contribution in [2.24, 2.45) is 0 Å². The second-order valence-corrected chi connectivity index (χ2v) is 7.22. The van der Waals surface area contributed by atoms with Gasteiger partial charge in [-0.3, -0.25) is 0 Å². The second kappa shape index (κ2) is 4.59. The molecule has 1 fully saturated rings. The number of aliphatic hydroxyl groups is 1. The Kier molecular flexibility index (Phi) is 3.57. The smallest absolute Gasteiger partial charge is 0.399 e. The molecule has 110 valence electrons. The van der Waals surface area contributed by atoms with Crippen LogP contribution in [0.4, 0.5) is 0 Å². The summed E-state index contributed by atoms with van der Waals surface area (Å²) in [6, 6.07) is 5.93. The molecule has 0 aliphatic carbocycles. The van der Waals surface area contributed by atoms with E-state index in [0.717, 1.165) is 16.6 Å². The fraction of sp³-hybridized carbons (Fsp3) is 0.625. The lowest BCUT2D eigenvalue weighted by atomic mass is 9.75. The molecule has 1 heterocycles. The average Bonchev–Trinajstić information content (AvgIpc) is 2.46. The van der Waals surface area contributed by atoms with Gasteiger partial charge in [0.25, 0.3) is 0 Å². The predicted octanol–water partition coefficient (Wildman–Crippen LogP) is 2.52. The first-order chi connectivity index (χ1) is 8.94. The van der Waals surface area contributed by atoms with Crippen LogP contribution in [0.5, 0.6) is 0 Å². The van der Waals surface area contributed by atoms with Gasteiger partial charge in [0.1, 0.15) is 0 Å². The molecule has 0 radical (unpaired) electrons. The third kappa shape index (κ3) is 2.65. The van der Waals surface area contributed by atoms with Crippen molar-refractivity contribution in [1.82, 2.24) is 0 Å². The molecule has 3 nitrogen and oxygen atoms in total. The van der Waals surface area contributed by atoms with Crippen LogP contribution in [0.1, 0.15) is 52.7 Å². The van der Waals surface area contributed by atoms with Crippen LogP contribution in [0.2, 0.25) is 0 Å². The molecule has 0 amide bonds. The summed E-state index contributed by atoms with van der Waals surface area (Å²) < 4.78 is 12.1. The Morgan fingerprint density at radius 3 is 1.95 bits per heavy atom. The summed E-state index contributed by atoms with van der Waals surface area (Å²) in [4.78, 5) is 0. The molecule has 1 aromatic rings. The molecule has 0 saturated carbocycles. The SMILES string of the molecule is Cc1cc(C(C)(C)O)ccc1B1OC(C)(C)C(C)(C)O1. The molecule has 1 saturated heterocycles. The second-order valence-electron chi connectivity index (χ2n) is 7.22. The third-order valence-corrected chi connectivity index (χ3v) is 4.48. The fourth-order valence-corrected chi connectivity index (χ4v) is 2.29. The fourth-order valence-electron chi connectivity index (χ4n) is 2.29. The van der Waals surface area contributed by atoms with Gasteiger partial charge in [0.05, 0.1) is 16.8 Å². The van der Waals surface area contributed by atoms with Crippen LogP contribution in [0, 0.1) is 6.92 Å². The summed E-state index contributed by atoms with van der Waals surface area (Å²) in [6.07, 6.45) is 0. The standard InChI is InChI=1S/C16H25BO3/c1-11-10-12(14(2,3)18)8-9-13(11)17-19-15(4,5)16(6,7)20-17/h8-10,18H,1-7H3. The van der Waals surface area contributed by atoms with Gasteiger partial charge in [-0.25, -0.2) is 0 Å². The lowest BCUT2D eigenvalue weighted by Crippen LogP contribution is -2.41.